The summed E-state index contributed by atoms with van der Waals surface area (Å²) in [6, 6.07) is 4.14. The number of ether oxygens (including phenoxy) is 2. The van der Waals surface area contributed by atoms with Crippen molar-refractivity contribution >= 4 is 15.9 Å². The van der Waals surface area contributed by atoms with Gasteiger partial charge in [0.2, 0.25) is 0 Å². The second-order valence-corrected chi connectivity index (χ2v) is 6.16. The van der Waals surface area contributed by atoms with Gasteiger partial charge in [0.15, 0.2) is 11.5 Å². The van der Waals surface area contributed by atoms with Crippen LogP contribution in [-0.4, -0.2) is 20.3 Å². The Morgan fingerprint density at radius 1 is 1.35 bits per heavy atom. The fraction of sp³-hybridized carbons (Fsp3) is 0.625. The first-order chi connectivity index (χ1) is 9.74. The van der Waals surface area contributed by atoms with Crippen molar-refractivity contribution < 1.29 is 9.47 Å². The van der Waals surface area contributed by atoms with Gasteiger partial charge in [-0.15, -0.1) is 0 Å². The van der Waals surface area contributed by atoms with Gasteiger partial charge >= 0.3 is 0 Å². The third-order valence-corrected chi connectivity index (χ3v) is 4.16. The van der Waals surface area contributed by atoms with E-state index in [2.05, 4.69) is 27.3 Å². The molecule has 1 aliphatic carbocycles. The molecule has 0 bridgehead atoms. The fourth-order valence-electron chi connectivity index (χ4n) is 2.31. The molecule has 0 atom stereocenters. The summed E-state index contributed by atoms with van der Waals surface area (Å²) in [5, 5.41) is 3.50. The van der Waals surface area contributed by atoms with Gasteiger partial charge in [-0.25, -0.2) is 0 Å². The molecule has 2 rings (SSSR count). The van der Waals surface area contributed by atoms with Crippen LogP contribution in [0.5, 0.6) is 11.5 Å². The predicted octanol–water partition coefficient (Wildman–Crippen LogP) is 4.14. The highest BCUT2D eigenvalue weighted by molar-refractivity contribution is 9.10. The molecular weight excluding hydrogens is 318 g/mol. The molecule has 1 fully saturated rings. The first-order valence-electron chi connectivity index (χ1n) is 7.44. The number of halogens is 1. The second kappa shape index (κ2) is 7.89. The van der Waals surface area contributed by atoms with Crippen molar-refractivity contribution in [2.24, 2.45) is 5.92 Å². The number of nitrogens with one attached hydrogen (secondary N) is 1. The number of hydrogen-bond acceptors (Lipinski definition) is 3. The van der Waals surface area contributed by atoms with Crippen LogP contribution in [-0.2, 0) is 6.54 Å². The fourth-order valence-corrected chi connectivity index (χ4v) is 2.92. The first kappa shape index (κ1) is 15.6. The first-order valence-corrected chi connectivity index (χ1v) is 8.23. The van der Waals surface area contributed by atoms with Gasteiger partial charge in [0, 0.05) is 6.54 Å². The minimum atomic E-state index is 0.633. The maximum Gasteiger partial charge on any atom is 0.175 e. The molecule has 112 valence electrons. The Morgan fingerprint density at radius 2 is 2.15 bits per heavy atom. The van der Waals surface area contributed by atoms with Crippen LogP contribution in [0.3, 0.4) is 0 Å². The lowest BCUT2D eigenvalue weighted by atomic mass is 10.2. The van der Waals surface area contributed by atoms with Crippen LogP contribution in [0, 0.1) is 5.92 Å². The summed E-state index contributed by atoms with van der Waals surface area (Å²) < 4.78 is 12.0. The summed E-state index contributed by atoms with van der Waals surface area (Å²) in [7, 11) is 1.68. The SMILES string of the molecule is CCOc1c(Br)cc(CNCCCC2CC2)cc1OC. The van der Waals surface area contributed by atoms with E-state index < -0.39 is 0 Å². The molecule has 1 aliphatic rings. The van der Waals surface area contributed by atoms with Crippen LogP contribution in [0.1, 0.15) is 38.2 Å². The molecule has 0 amide bonds. The number of methoxy groups -OCH3 is 1. The topological polar surface area (TPSA) is 30.5 Å². The highest BCUT2D eigenvalue weighted by Gasteiger charge is 2.19. The molecule has 0 saturated heterocycles. The highest BCUT2D eigenvalue weighted by atomic mass is 79.9. The van der Waals surface area contributed by atoms with Crippen LogP contribution in [0.4, 0.5) is 0 Å². The summed E-state index contributed by atoms with van der Waals surface area (Å²) in [5.74, 6) is 2.60. The third-order valence-electron chi connectivity index (χ3n) is 3.57. The highest BCUT2D eigenvalue weighted by Crippen LogP contribution is 2.36. The van der Waals surface area contributed by atoms with Gasteiger partial charge in [-0.3, -0.25) is 0 Å². The largest absolute Gasteiger partial charge is 0.493 e. The van der Waals surface area contributed by atoms with Crippen molar-refractivity contribution in [3.63, 3.8) is 0 Å². The Hall–Kier alpha value is -0.740. The summed E-state index contributed by atoms with van der Waals surface area (Å²) in [6.07, 6.45) is 5.55. The molecule has 1 aromatic rings. The Bertz CT molecular complexity index is 433. The zero-order valence-electron chi connectivity index (χ0n) is 12.4. The molecule has 20 heavy (non-hydrogen) atoms. The molecular formula is C16H24BrNO2. The van der Waals surface area contributed by atoms with Crippen LogP contribution >= 0.6 is 15.9 Å². The summed E-state index contributed by atoms with van der Waals surface area (Å²) in [6.45, 7) is 4.56. The Morgan fingerprint density at radius 3 is 2.80 bits per heavy atom. The molecule has 0 aliphatic heterocycles. The smallest absolute Gasteiger partial charge is 0.175 e. The van der Waals surface area contributed by atoms with Crippen molar-refractivity contribution in [3.05, 3.63) is 22.2 Å². The van der Waals surface area contributed by atoms with E-state index in [1.807, 2.05) is 13.0 Å². The lowest BCUT2D eigenvalue weighted by molar-refractivity contribution is 0.308. The lowest BCUT2D eigenvalue weighted by Gasteiger charge is -2.13. The van der Waals surface area contributed by atoms with E-state index in [4.69, 9.17) is 9.47 Å². The monoisotopic (exact) mass is 341 g/mol. The van der Waals surface area contributed by atoms with Crippen molar-refractivity contribution in [1.82, 2.24) is 5.32 Å². The zero-order valence-corrected chi connectivity index (χ0v) is 14.0. The van der Waals surface area contributed by atoms with Gasteiger partial charge in [0.05, 0.1) is 18.2 Å². The summed E-state index contributed by atoms with van der Waals surface area (Å²) >= 11 is 3.56. The predicted molar refractivity (Wildman–Crippen MR) is 85.5 cm³/mol. The van der Waals surface area contributed by atoms with E-state index in [9.17, 15) is 0 Å². The van der Waals surface area contributed by atoms with E-state index >= 15 is 0 Å². The van der Waals surface area contributed by atoms with Gasteiger partial charge < -0.3 is 14.8 Å². The van der Waals surface area contributed by atoms with Crippen LogP contribution < -0.4 is 14.8 Å². The van der Waals surface area contributed by atoms with Gasteiger partial charge in [0.1, 0.15) is 0 Å². The van der Waals surface area contributed by atoms with E-state index in [0.29, 0.717) is 6.61 Å². The Labute approximate surface area is 130 Å². The summed E-state index contributed by atoms with van der Waals surface area (Å²) in [4.78, 5) is 0. The number of benzene rings is 1. The molecule has 0 spiro atoms. The third kappa shape index (κ3) is 4.67. The molecule has 0 aromatic heterocycles. The Balaban J connectivity index is 1.85. The van der Waals surface area contributed by atoms with E-state index in [0.717, 1.165) is 35.0 Å². The summed E-state index contributed by atoms with van der Waals surface area (Å²) in [5.41, 5.74) is 1.21. The van der Waals surface area contributed by atoms with Crippen molar-refractivity contribution in [3.8, 4) is 11.5 Å². The molecule has 4 heteroatoms. The van der Waals surface area contributed by atoms with Crippen LogP contribution in [0.25, 0.3) is 0 Å². The van der Waals surface area contributed by atoms with Gasteiger partial charge in [-0.05, 0) is 65.9 Å². The lowest BCUT2D eigenvalue weighted by Crippen LogP contribution is -2.15. The average Bonchev–Trinajstić information content (AvgIpc) is 3.25. The molecule has 1 N–H and O–H groups in total. The standard InChI is InChI=1S/C16H24BrNO2/c1-3-20-16-14(17)9-13(10-15(16)19-2)11-18-8-4-5-12-6-7-12/h9-10,12,18H,3-8,11H2,1-2H3. The quantitative estimate of drug-likeness (QED) is 0.685. The van der Waals surface area contributed by atoms with Gasteiger partial charge in [-0.1, -0.05) is 12.8 Å². The van der Waals surface area contributed by atoms with E-state index in [-0.39, 0.29) is 0 Å². The molecule has 1 saturated carbocycles. The maximum atomic E-state index is 5.60. The van der Waals surface area contributed by atoms with Gasteiger partial charge in [0.25, 0.3) is 0 Å². The van der Waals surface area contributed by atoms with Gasteiger partial charge in [-0.2, -0.15) is 0 Å². The van der Waals surface area contributed by atoms with Crippen molar-refractivity contribution in [1.29, 1.82) is 0 Å². The molecule has 0 unspecified atom stereocenters. The average molecular weight is 342 g/mol. The second-order valence-electron chi connectivity index (χ2n) is 5.30. The minimum absolute atomic E-state index is 0.633. The Kier molecular flexibility index (Phi) is 6.17. The molecule has 0 radical (unpaired) electrons. The molecule has 3 nitrogen and oxygen atoms in total. The van der Waals surface area contributed by atoms with Crippen LogP contribution in [0.15, 0.2) is 16.6 Å². The number of rotatable bonds is 9. The van der Waals surface area contributed by atoms with E-state index in [1.54, 1.807) is 7.11 Å². The van der Waals surface area contributed by atoms with Crippen molar-refractivity contribution in [2.45, 2.75) is 39.2 Å². The minimum Gasteiger partial charge on any atom is -0.493 e. The molecule has 1 aromatic carbocycles. The van der Waals surface area contributed by atoms with Crippen LogP contribution in [0.2, 0.25) is 0 Å². The van der Waals surface area contributed by atoms with E-state index in [1.165, 1.54) is 31.2 Å². The zero-order chi connectivity index (χ0) is 14.4. The molecule has 0 heterocycles. The maximum absolute atomic E-state index is 5.60. The number of hydrogen-bond donors (Lipinski definition) is 1. The van der Waals surface area contributed by atoms with Crippen molar-refractivity contribution in [2.75, 3.05) is 20.3 Å². The normalized spacial score (nSPS) is 14.3.